The van der Waals surface area contributed by atoms with Gasteiger partial charge in [-0.25, -0.2) is 4.39 Å². The Hall–Kier alpha value is -1.85. The van der Waals surface area contributed by atoms with Crippen LogP contribution in [0.1, 0.15) is 31.9 Å². The number of nitrogens with zero attached hydrogens (tertiary/aromatic N) is 1. The Bertz CT molecular complexity index is 758. The average molecular weight is 436 g/mol. The molecular weight excluding hydrogens is 412 g/mol. The van der Waals surface area contributed by atoms with Crippen LogP contribution >= 0.6 is 11.8 Å². The molecule has 1 aromatic rings. The van der Waals surface area contributed by atoms with Crippen molar-refractivity contribution in [2.24, 2.45) is 5.92 Å². The van der Waals surface area contributed by atoms with E-state index in [-0.39, 0.29) is 18.2 Å². The van der Waals surface area contributed by atoms with Gasteiger partial charge in [-0.1, -0.05) is 19.9 Å². The molecule has 162 valence electrons. The van der Waals surface area contributed by atoms with E-state index in [1.165, 1.54) is 6.07 Å². The van der Waals surface area contributed by atoms with Crippen LogP contribution in [0.4, 0.5) is 17.6 Å². The Morgan fingerprint density at radius 3 is 2.48 bits per heavy atom. The molecule has 0 saturated carbocycles. The van der Waals surface area contributed by atoms with Crippen molar-refractivity contribution in [3.05, 3.63) is 29.6 Å². The third kappa shape index (κ3) is 6.58. The first-order valence-electron chi connectivity index (χ1n) is 8.94. The number of nitrogens with one attached hydrogen (secondary N) is 3. The summed E-state index contributed by atoms with van der Waals surface area (Å²) >= 11 is -0.525. The molecule has 0 spiro atoms. The molecule has 1 saturated heterocycles. The molecule has 0 aliphatic carbocycles. The number of carbonyl (C=O) groups excluding carboxylic acids is 2. The standard InChI is InChI=1S/C18H24F4N4O2S/c1-9(2)15(10-5-6-13(11(19)7-10)29-18(20,21)22)25-16(28)12-8-14(27)24-17(23-12)26(3)4/h5-7,9,12,15,17,23H,8H2,1-4H3,(H,24,27)(H,25,28)/t12?,15-,17?/m1/s1. The van der Waals surface area contributed by atoms with Crippen LogP contribution in [0.2, 0.25) is 0 Å². The fourth-order valence-electron chi connectivity index (χ4n) is 2.94. The van der Waals surface area contributed by atoms with E-state index in [0.717, 1.165) is 12.1 Å². The maximum absolute atomic E-state index is 14.2. The molecule has 2 unspecified atom stereocenters. The lowest BCUT2D eigenvalue weighted by molar-refractivity contribution is -0.134. The topological polar surface area (TPSA) is 73.5 Å². The molecule has 11 heteroatoms. The minimum absolute atomic E-state index is 0.0590. The Balaban J connectivity index is 2.16. The van der Waals surface area contributed by atoms with Gasteiger partial charge in [0.15, 0.2) is 0 Å². The molecule has 1 aliphatic rings. The van der Waals surface area contributed by atoms with Crippen molar-refractivity contribution in [1.29, 1.82) is 0 Å². The molecule has 6 nitrogen and oxygen atoms in total. The maximum atomic E-state index is 14.2. The van der Waals surface area contributed by atoms with Crippen molar-refractivity contribution in [3.8, 4) is 0 Å². The number of halogens is 4. The van der Waals surface area contributed by atoms with Crippen molar-refractivity contribution >= 4 is 23.6 Å². The summed E-state index contributed by atoms with van der Waals surface area (Å²) < 4.78 is 51.7. The van der Waals surface area contributed by atoms with Gasteiger partial charge in [-0.15, -0.1) is 0 Å². The number of benzene rings is 1. The Morgan fingerprint density at radius 2 is 1.97 bits per heavy atom. The quantitative estimate of drug-likeness (QED) is 0.472. The summed E-state index contributed by atoms with van der Waals surface area (Å²) in [6.45, 7) is 3.59. The molecule has 2 rings (SSSR count). The largest absolute Gasteiger partial charge is 0.446 e. The zero-order valence-corrected chi connectivity index (χ0v) is 17.2. The molecule has 1 aromatic carbocycles. The number of rotatable bonds is 6. The second-order valence-electron chi connectivity index (χ2n) is 7.32. The van der Waals surface area contributed by atoms with Gasteiger partial charge in [-0.3, -0.25) is 19.8 Å². The molecule has 29 heavy (non-hydrogen) atoms. The van der Waals surface area contributed by atoms with Crippen molar-refractivity contribution < 1.29 is 27.2 Å². The Morgan fingerprint density at radius 1 is 1.31 bits per heavy atom. The Kier molecular flexibility index (Phi) is 7.52. The van der Waals surface area contributed by atoms with Crippen LogP contribution < -0.4 is 16.0 Å². The fraction of sp³-hybridized carbons (Fsp3) is 0.556. The van der Waals surface area contributed by atoms with E-state index < -0.39 is 52.3 Å². The summed E-state index contributed by atoms with van der Waals surface area (Å²) in [7, 11) is 3.47. The summed E-state index contributed by atoms with van der Waals surface area (Å²) in [6.07, 6.45) is -0.572. The van der Waals surface area contributed by atoms with Gasteiger partial charge in [0.1, 0.15) is 12.1 Å². The van der Waals surface area contributed by atoms with E-state index in [1.54, 1.807) is 32.8 Å². The Labute approximate surface area is 170 Å². The smallest absolute Gasteiger partial charge is 0.348 e. The van der Waals surface area contributed by atoms with Crippen LogP contribution in [0.15, 0.2) is 23.1 Å². The van der Waals surface area contributed by atoms with Crippen molar-refractivity contribution in [3.63, 3.8) is 0 Å². The maximum Gasteiger partial charge on any atom is 0.446 e. The molecule has 3 atom stereocenters. The normalized spacial score (nSPS) is 21.2. The molecule has 1 fully saturated rings. The van der Waals surface area contributed by atoms with Crippen molar-refractivity contribution in [2.75, 3.05) is 14.1 Å². The summed E-state index contributed by atoms with van der Waals surface area (Å²) in [5.74, 6) is -1.91. The second kappa shape index (κ2) is 9.31. The second-order valence-corrected chi connectivity index (χ2v) is 8.43. The van der Waals surface area contributed by atoms with E-state index in [2.05, 4.69) is 16.0 Å². The highest BCUT2D eigenvalue weighted by Crippen LogP contribution is 2.39. The van der Waals surface area contributed by atoms with Gasteiger partial charge in [0, 0.05) is 0 Å². The van der Waals surface area contributed by atoms with Gasteiger partial charge in [0.25, 0.3) is 0 Å². The number of hydrogen-bond donors (Lipinski definition) is 3. The van der Waals surface area contributed by atoms with Crippen molar-refractivity contribution in [1.82, 2.24) is 20.9 Å². The van der Waals surface area contributed by atoms with Crippen molar-refractivity contribution in [2.45, 2.75) is 49.0 Å². The first kappa shape index (κ1) is 23.4. The van der Waals surface area contributed by atoms with Crippen LogP contribution in [0.5, 0.6) is 0 Å². The van der Waals surface area contributed by atoms with Gasteiger partial charge in [0.2, 0.25) is 11.8 Å². The van der Waals surface area contributed by atoms with E-state index >= 15 is 0 Å². The number of hydrogen-bond acceptors (Lipinski definition) is 5. The van der Waals surface area contributed by atoms with Crippen LogP contribution in [0.25, 0.3) is 0 Å². The van der Waals surface area contributed by atoms with E-state index in [0.29, 0.717) is 5.56 Å². The van der Waals surface area contributed by atoms with Gasteiger partial charge in [-0.2, -0.15) is 13.2 Å². The van der Waals surface area contributed by atoms with Gasteiger partial charge >= 0.3 is 5.51 Å². The highest BCUT2D eigenvalue weighted by Gasteiger charge is 2.34. The SMILES string of the molecule is CC(C)[C@@H](NC(=O)C1CC(=O)NC(N(C)C)N1)c1ccc(SC(F)(F)F)c(F)c1. The fourth-order valence-corrected chi connectivity index (χ4v) is 3.48. The minimum atomic E-state index is -4.59. The van der Waals surface area contributed by atoms with E-state index in [4.69, 9.17) is 0 Å². The number of alkyl halides is 3. The monoisotopic (exact) mass is 436 g/mol. The van der Waals surface area contributed by atoms with E-state index in [9.17, 15) is 27.2 Å². The van der Waals surface area contributed by atoms with Crippen LogP contribution in [-0.2, 0) is 9.59 Å². The summed E-state index contributed by atoms with van der Waals surface area (Å²) in [5.41, 5.74) is -4.24. The lowest BCUT2D eigenvalue weighted by Gasteiger charge is -2.35. The van der Waals surface area contributed by atoms with Crippen LogP contribution in [0, 0.1) is 11.7 Å². The number of amides is 2. The molecule has 2 amide bonds. The molecule has 0 bridgehead atoms. The average Bonchev–Trinajstić information content (AvgIpc) is 2.59. The molecule has 1 aliphatic heterocycles. The molecule has 3 N–H and O–H groups in total. The van der Waals surface area contributed by atoms with Crippen LogP contribution in [-0.4, -0.2) is 48.6 Å². The highest BCUT2D eigenvalue weighted by atomic mass is 32.2. The third-order valence-corrected chi connectivity index (χ3v) is 5.17. The van der Waals surface area contributed by atoms with Gasteiger partial charge in [-0.05, 0) is 49.5 Å². The molecule has 0 radical (unpaired) electrons. The van der Waals surface area contributed by atoms with E-state index in [1.807, 2.05) is 0 Å². The first-order valence-corrected chi connectivity index (χ1v) is 9.76. The van der Waals surface area contributed by atoms with Crippen LogP contribution in [0.3, 0.4) is 0 Å². The predicted molar refractivity (Wildman–Crippen MR) is 101 cm³/mol. The zero-order valence-electron chi connectivity index (χ0n) is 16.4. The zero-order chi connectivity index (χ0) is 21.9. The molecule has 1 heterocycles. The third-order valence-electron chi connectivity index (χ3n) is 4.38. The highest BCUT2D eigenvalue weighted by molar-refractivity contribution is 8.00. The summed E-state index contributed by atoms with van der Waals surface area (Å²) in [5, 5.41) is 8.48. The van der Waals surface area contributed by atoms with Gasteiger partial charge in [0.05, 0.1) is 23.4 Å². The first-order chi connectivity index (χ1) is 13.4. The summed E-state index contributed by atoms with van der Waals surface area (Å²) in [4.78, 5) is 25.8. The predicted octanol–water partition coefficient (Wildman–Crippen LogP) is 2.57. The lowest BCUT2D eigenvalue weighted by Crippen LogP contribution is -2.65. The lowest BCUT2D eigenvalue weighted by atomic mass is 9.95. The number of thioether (sulfide) groups is 1. The van der Waals surface area contributed by atoms with Gasteiger partial charge < -0.3 is 10.6 Å². The minimum Gasteiger partial charge on any atom is -0.348 e. The molecule has 0 aromatic heterocycles. The number of carbonyl (C=O) groups is 2. The molecular formula is C18H24F4N4O2S. The summed E-state index contributed by atoms with van der Waals surface area (Å²) in [6, 6.07) is 2.00.